The molecule has 6 aromatic carbocycles. The van der Waals surface area contributed by atoms with Crippen LogP contribution >= 0.6 is 0 Å². The highest BCUT2D eigenvalue weighted by Gasteiger charge is 2.35. The van der Waals surface area contributed by atoms with Crippen LogP contribution in [0.3, 0.4) is 0 Å². The number of nitrogens with zero attached hydrogens (tertiary/aromatic N) is 2. The number of hydrogen-bond donors (Lipinski definition) is 0. The van der Waals surface area contributed by atoms with E-state index in [4.69, 9.17) is 28.9 Å². The predicted molar refractivity (Wildman–Crippen MR) is 200 cm³/mol. The predicted octanol–water partition coefficient (Wildman–Crippen LogP) is 10.4. The van der Waals surface area contributed by atoms with Crippen molar-refractivity contribution in [2.24, 2.45) is 9.98 Å². The molecule has 6 nitrogen and oxygen atoms in total. The Morgan fingerprint density at radius 1 is 0.400 bits per heavy atom. The molecule has 6 aromatic rings. The Labute approximate surface area is 290 Å². The van der Waals surface area contributed by atoms with E-state index < -0.39 is 0 Å². The highest BCUT2D eigenvalue weighted by atomic mass is 16.5. The molecule has 0 saturated carbocycles. The minimum atomic E-state index is 0.515. The summed E-state index contributed by atoms with van der Waals surface area (Å²) in [5.74, 6) is 3.93. The van der Waals surface area contributed by atoms with Crippen LogP contribution in [0.1, 0.15) is 33.4 Å². The van der Waals surface area contributed by atoms with Gasteiger partial charge in [0, 0.05) is 33.4 Å². The number of ether oxygens (including phenoxy) is 4. The molecule has 0 aliphatic carbocycles. The molecule has 242 valence electrons. The maximum atomic E-state index is 6.87. The van der Waals surface area contributed by atoms with Gasteiger partial charge in [0.05, 0.1) is 25.6 Å². The van der Waals surface area contributed by atoms with Gasteiger partial charge >= 0.3 is 0 Å². The van der Waals surface area contributed by atoms with Gasteiger partial charge in [0.25, 0.3) is 0 Å². The standard InChI is InChI=1S/C44H32N2O4/c1-47-33-25-21-31(22-26-33)45-43-37-19-11-9-17-35(37)41(49-43)39(29-13-5-3-6-14-29)40(30-15-7-4-8-16-30)42-36-18-10-12-20-38(36)44(50-42)46-32-23-27-34(48-2)28-24-32/h3-28H,1-2H3/b41-39-,42-40-,45-43?,46-44?. The summed E-state index contributed by atoms with van der Waals surface area (Å²) in [6.07, 6.45) is 0. The van der Waals surface area contributed by atoms with Gasteiger partial charge in [-0.2, -0.15) is 0 Å². The summed E-state index contributed by atoms with van der Waals surface area (Å²) in [5, 5.41) is 0. The molecule has 2 aliphatic rings. The van der Waals surface area contributed by atoms with Crippen molar-refractivity contribution in [3.8, 4) is 11.5 Å². The summed E-state index contributed by atoms with van der Waals surface area (Å²) < 4.78 is 24.5. The molecular formula is C44H32N2O4. The Bertz CT molecular complexity index is 2140. The summed E-state index contributed by atoms with van der Waals surface area (Å²) >= 11 is 0. The molecule has 2 aliphatic heterocycles. The third-order valence-corrected chi connectivity index (χ3v) is 8.64. The fourth-order valence-electron chi connectivity index (χ4n) is 6.22. The highest BCUT2D eigenvalue weighted by molar-refractivity contribution is 6.26. The van der Waals surface area contributed by atoms with Crippen molar-refractivity contribution in [1.29, 1.82) is 0 Å². The van der Waals surface area contributed by atoms with Crippen LogP contribution < -0.4 is 9.47 Å². The number of methoxy groups -OCH3 is 2. The number of rotatable bonds is 7. The minimum absolute atomic E-state index is 0.515. The Hall–Kier alpha value is -6.66. The van der Waals surface area contributed by atoms with E-state index in [-0.39, 0.29) is 0 Å². The number of benzene rings is 6. The normalized spacial score (nSPS) is 16.7. The van der Waals surface area contributed by atoms with Gasteiger partial charge in [0.2, 0.25) is 11.8 Å². The maximum absolute atomic E-state index is 6.87. The average Bonchev–Trinajstić information content (AvgIpc) is 3.73. The van der Waals surface area contributed by atoms with Crippen molar-refractivity contribution in [2.45, 2.75) is 0 Å². The van der Waals surface area contributed by atoms with E-state index in [1.165, 1.54) is 0 Å². The summed E-state index contributed by atoms with van der Waals surface area (Å²) in [4.78, 5) is 9.93. The number of allylic oxidation sites excluding steroid dienone is 2. The molecule has 0 saturated heterocycles. The van der Waals surface area contributed by atoms with Crippen LogP contribution in [0, 0.1) is 0 Å². The fraction of sp³-hybridized carbons (Fsp3) is 0.0455. The van der Waals surface area contributed by atoms with E-state index in [1.807, 2.05) is 121 Å². The summed E-state index contributed by atoms with van der Waals surface area (Å²) in [6, 6.07) is 52.1. The monoisotopic (exact) mass is 652 g/mol. The molecular weight excluding hydrogens is 620 g/mol. The summed E-state index contributed by atoms with van der Waals surface area (Å²) in [5.41, 5.74) is 8.88. The molecule has 0 fully saturated rings. The van der Waals surface area contributed by atoms with Crippen molar-refractivity contribution in [3.63, 3.8) is 0 Å². The van der Waals surface area contributed by atoms with E-state index >= 15 is 0 Å². The fourth-order valence-corrected chi connectivity index (χ4v) is 6.22. The number of fused-ring (bicyclic) bond motifs is 2. The molecule has 0 unspecified atom stereocenters. The van der Waals surface area contributed by atoms with Gasteiger partial charge in [-0.15, -0.1) is 0 Å². The van der Waals surface area contributed by atoms with Crippen LogP contribution in [0.15, 0.2) is 168 Å². The Balaban J connectivity index is 1.39. The van der Waals surface area contributed by atoms with Gasteiger partial charge in [-0.3, -0.25) is 0 Å². The summed E-state index contributed by atoms with van der Waals surface area (Å²) in [7, 11) is 3.30. The van der Waals surface area contributed by atoms with Crippen molar-refractivity contribution < 1.29 is 18.9 Å². The van der Waals surface area contributed by atoms with E-state index in [0.29, 0.717) is 23.3 Å². The zero-order chi connectivity index (χ0) is 33.9. The third kappa shape index (κ3) is 5.84. The lowest BCUT2D eigenvalue weighted by atomic mass is 9.87. The van der Waals surface area contributed by atoms with Crippen LogP contribution in [0.25, 0.3) is 22.7 Å². The quantitative estimate of drug-likeness (QED) is 0.172. The Kier molecular flexibility index (Phi) is 8.25. The zero-order valence-electron chi connectivity index (χ0n) is 27.5. The molecule has 8 rings (SSSR count). The van der Waals surface area contributed by atoms with Crippen LogP contribution in [0.5, 0.6) is 11.5 Å². The molecule has 6 heteroatoms. The second kappa shape index (κ2) is 13.5. The lowest BCUT2D eigenvalue weighted by molar-refractivity contribution is 0.414. The molecule has 0 atom stereocenters. The zero-order valence-corrected chi connectivity index (χ0v) is 27.5. The SMILES string of the molecule is COc1ccc(N=C2O/C(=C(\C(=C3/OC(=Nc4ccc(OC)cc4)c4ccccc43)c3ccccc3)c3ccccc3)c3ccccc32)cc1. The molecule has 0 N–H and O–H groups in total. The second-order valence-corrected chi connectivity index (χ2v) is 11.7. The lowest BCUT2D eigenvalue weighted by Gasteiger charge is -2.19. The van der Waals surface area contributed by atoms with Gasteiger partial charge in [0.15, 0.2) is 0 Å². The van der Waals surface area contributed by atoms with Gasteiger partial charge in [-0.1, -0.05) is 97.1 Å². The van der Waals surface area contributed by atoms with Gasteiger partial charge < -0.3 is 18.9 Å². The molecule has 0 spiro atoms. The number of hydrogen-bond acceptors (Lipinski definition) is 6. The van der Waals surface area contributed by atoms with Crippen molar-refractivity contribution >= 4 is 45.8 Å². The van der Waals surface area contributed by atoms with Crippen molar-refractivity contribution in [3.05, 3.63) is 191 Å². The average molecular weight is 653 g/mol. The molecule has 0 aromatic heterocycles. The first-order valence-corrected chi connectivity index (χ1v) is 16.3. The first-order chi connectivity index (χ1) is 24.7. The number of aliphatic imine (C=N–C) groups is 2. The molecule has 0 bridgehead atoms. The van der Waals surface area contributed by atoms with Crippen LogP contribution in [0.4, 0.5) is 11.4 Å². The smallest absolute Gasteiger partial charge is 0.227 e. The summed E-state index contributed by atoms with van der Waals surface area (Å²) in [6.45, 7) is 0. The van der Waals surface area contributed by atoms with Crippen LogP contribution in [0.2, 0.25) is 0 Å². The third-order valence-electron chi connectivity index (χ3n) is 8.64. The first kappa shape index (κ1) is 30.7. The molecule has 2 heterocycles. The van der Waals surface area contributed by atoms with E-state index in [9.17, 15) is 0 Å². The lowest BCUT2D eigenvalue weighted by Crippen LogP contribution is -2.02. The molecule has 0 amide bonds. The van der Waals surface area contributed by atoms with Crippen LogP contribution in [-0.2, 0) is 9.47 Å². The van der Waals surface area contributed by atoms with E-state index in [2.05, 4.69) is 36.4 Å². The van der Waals surface area contributed by atoms with Gasteiger partial charge in [-0.05, 0) is 71.8 Å². The van der Waals surface area contributed by atoms with Gasteiger partial charge in [-0.25, -0.2) is 9.98 Å². The van der Waals surface area contributed by atoms with E-state index in [0.717, 1.165) is 67.4 Å². The Morgan fingerprint density at radius 3 is 1.10 bits per heavy atom. The first-order valence-electron chi connectivity index (χ1n) is 16.3. The van der Waals surface area contributed by atoms with Gasteiger partial charge in [0.1, 0.15) is 23.0 Å². The van der Waals surface area contributed by atoms with Crippen molar-refractivity contribution in [2.75, 3.05) is 14.2 Å². The second-order valence-electron chi connectivity index (χ2n) is 11.7. The minimum Gasteiger partial charge on any atom is -0.497 e. The molecule has 50 heavy (non-hydrogen) atoms. The van der Waals surface area contributed by atoms with Crippen molar-refractivity contribution in [1.82, 2.24) is 0 Å². The molecule has 0 radical (unpaired) electrons. The largest absolute Gasteiger partial charge is 0.497 e. The topological polar surface area (TPSA) is 61.6 Å². The maximum Gasteiger partial charge on any atom is 0.227 e. The highest BCUT2D eigenvalue weighted by Crippen LogP contribution is 2.48. The van der Waals surface area contributed by atoms with E-state index in [1.54, 1.807) is 14.2 Å². The Morgan fingerprint density at radius 2 is 0.740 bits per heavy atom. The van der Waals surface area contributed by atoms with Crippen LogP contribution in [-0.4, -0.2) is 26.0 Å².